The Morgan fingerprint density at radius 1 is 1.47 bits per heavy atom. The predicted octanol–water partition coefficient (Wildman–Crippen LogP) is 1.17. The van der Waals surface area contributed by atoms with Crippen molar-refractivity contribution >= 4 is 0 Å². The van der Waals surface area contributed by atoms with Crippen molar-refractivity contribution in [2.45, 2.75) is 26.3 Å². The van der Waals surface area contributed by atoms with Gasteiger partial charge >= 0.3 is 0 Å². The zero-order valence-corrected chi connectivity index (χ0v) is 9.49. The topological polar surface area (TPSA) is 47.0 Å². The number of rotatable bonds is 7. The molecule has 0 radical (unpaired) electrons. The van der Waals surface area contributed by atoms with E-state index in [1.807, 2.05) is 6.07 Å². The summed E-state index contributed by atoms with van der Waals surface area (Å²) < 4.78 is 4.99. The lowest BCUT2D eigenvalue weighted by Gasteiger charge is -2.04. The summed E-state index contributed by atoms with van der Waals surface area (Å²) in [6, 6.07) is 1.94. The van der Waals surface area contributed by atoms with Crippen molar-refractivity contribution in [2.24, 2.45) is 0 Å². The molecule has 0 spiro atoms. The van der Waals surface area contributed by atoms with Gasteiger partial charge in [0, 0.05) is 26.3 Å². The molecule has 0 aliphatic heterocycles. The fourth-order valence-electron chi connectivity index (χ4n) is 1.25. The van der Waals surface area contributed by atoms with Crippen LogP contribution in [0, 0.1) is 0 Å². The van der Waals surface area contributed by atoms with Crippen LogP contribution in [0.4, 0.5) is 0 Å². The third-order valence-corrected chi connectivity index (χ3v) is 2.03. The van der Waals surface area contributed by atoms with E-state index < -0.39 is 0 Å². The van der Waals surface area contributed by atoms with Crippen LogP contribution in [0.2, 0.25) is 0 Å². The minimum Gasteiger partial charge on any atom is -0.384 e. The Bertz CT molecular complexity index is 278. The van der Waals surface area contributed by atoms with Crippen LogP contribution in [-0.4, -0.2) is 30.2 Å². The minimum absolute atomic E-state index is 0.672. The molecule has 0 atom stereocenters. The highest BCUT2D eigenvalue weighted by Crippen LogP contribution is 1.96. The third-order valence-electron chi connectivity index (χ3n) is 2.03. The molecule has 1 N–H and O–H groups in total. The average Bonchev–Trinajstić information content (AvgIpc) is 2.27. The first kappa shape index (κ1) is 12.1. The van der Waals surface area contributed by atoms with Gasteiger partial charge in [0.25, 0.3) is 0 Å². The van der Waals surface area contributed by atoms with Gasteiger partial charge in [-0.2, -0.15) is 0 Å². The van der Waals surface area contributed by atoms with E-state index in [9.17, 15) is 0 Å². The Labute approximate surface area is 91.1 Å². The van der Waals surface area contributed by atoms with Crippen molar-refractivity contribution in [1.29, 1.82) is 0 Å². The van der Waals surface area contributed by atoms with Crippen molar-refractivity contribution in [3.05, 3.63) is 23.8 Å². The van der Waals surface area contributed by atoms with Crippen molar-refractivity contribution < 1.29 is 4.74 Å². The van der Waals surface area contributed by atoms with Gasteiger partial charge in [-0.3, -0.25) is 0 Å². The largest absolute Gasteiger partial charge is 0.384 e. The Morgan fingerprint density at radius 2 is 2.33 bits per heavy atom. The maximum absolute atomic E-state index is 4.99. The number of ether oxygens (including phenoxy) is 1. The molecular formula is C11H19N3O. The zero-order valence-electron chi connectivity index (χ0n) is 9.49. The molecule has 0 aliphatic carbocycles. The molecule has 0 saturated carbocycles. The molecule has 1 rings (SSSR count). The highest BCUT2D eigenvalue weighted by Gasteiger charge is 1.98. The Hall–Kier alpha value is -1.00. The first-order valence-electron chi connectivity index (χ1n) is 5.37. The Morgan fingerprint density at radius 3 is 3.07 bits per heavy atom. The van der Waals surface area contributed by atoms with E-state index in [1.54, 1.807) is 13.3 Å². The van der Waals surface area contributed by atoms with Crippen molar-refractivity contribution in [1.82, 2.24) is 15.3 Å². The van der Waals surface area contributed by atoms with Gasteiger partial charge in [-0.25, -0.2) is 9.97 Å². The number of hydrogen-bond donors (Lipinski definition) is 1. The maximum atomic E-state index is 4.99. The van der Waals surface area contributed by atoms with E-state index in [0.717, 1.165) is 37.4 Å². The molecule has 1 aromatic heterocycles. The molecule has 0 unspecified atom stereocenters. The zero-order chi connectivity index (χ0) is 10.9. The van der Waals surface area contributed by atoms with Crippen molar-refractivity contribution in [3.63, 3.8) is 0 Å². The van der Waals surface area contributed by atoms with Gasteiger partial charge in [-0.05, 0) is 19.0 Å². The van der Waals surface area contributed by atoms with Crippen LogP contribution in [0.1, 0.15) is 24.9 Å². The van der Waals surface area contributed by atoms with Gasteiger partial charge < -0.3 is 10.1 Å². The molecule has 84 valence electrons. The Balaban J connectivity index is 2.42. The highest BCUT2D eigenvalue weighted by atomic mass is 16.5. The average molecular weight is 209 g/mol. The van der Waals surface area contributed by atoms with Gasteiger partial charge in [-0.15, -0.1) is 0 Å². The van der Waals surface area contributed by atoms with Gasteiger partial charge in [0.15, 0.2) is 0 Å². The second-order valence-electron chi connectivity index (χ2n) is 3.38. The van der Waals surface area contributed by atoms with Gasteiger partial charge in [0.05, 0.1) is 12.3 Å². The number of nitrogens with one attached hydrogen (secondary N) is 1. The van der Waals surface area contributed by atoms with Gasteiger partial charge in [0.2, 0.25) is 0 Å². The van der Waals surface area contributed by atoms with E-state index in [-0.39, 0.29) is 0 Å². The molecule has 4 nitrogen and oxygen atoms in total. The SMILES string of the molecule is CCCNCc1ccnc(CCOC)n1. The maximum Gasteiger partial charge on any atom is 0.130 e. The minimum atomic E-state index is 0.672. The molecule has 1 aromatic rings. The van der Waals surface area contributed by atoms with Crippen LogP contribution >= 0.6 is 0 Å². The van der Waals surface area contributed by atoms with Crippen LogP contribution in [0.25, 0.3) is 0 Å². The fraction of sp³-hybridized carbons (Fsp3) is 0.636. The fourth-order valence-corrected chi connectivity index (χ4v) is 1.25. The van der Waals surface area contributed by atoms with Crippen molar-refractivity contribution in [3.8, 4) is 0 Å². The van der Waals surface area contributed by atoms with E-state index >= 15 is 0 Å². The standard InChI is InChI=1S/C11H19N3O/c1-3-6-12-9-10-4-7-13-11(14-10)5-8-15-2/h4,7,12H,3,5-6,8-9H2,1-2H3. The molecule has 4 heteroatoms. The van der Waals surface area contributed by atoms with Crippen LogP contribution in [0.3, 0.4) is 0 Å². The molecule has 15 heavy (non-hydrogen) atoms. The molecule has 0 bridgehead atoms. The summed E-state index contributed by atoms with van der Waals surface area (Å²) in [6.45, 7) is 4.66. The van der Waals surface area contributed by atoms with E-state index in [4.69, 9.17) is 4.74 Å². The van der Waals surface area contributed by atoms with Crippen LogP contribution in [0.15, 0.2) is 12.3 Å². The second-order valence-corrected chi connectivity index (χ2v) is 3.38. The number of nitrogens with zero attached hydrogens (tertiary/aromatic N) is 2. The normalized spacial score (nSPS) is 10.5. The molecule has 0 saturated heterocycles. The molecule has 0 amide bonds. The number of aromatic nitrogens is 2. The lowest BCUT2D eigenvalue weighted by atomic mass is 10.3. The van der Waals surface area contributed by atoms with E-state index in [2.05, 4.69) is 22.2 Å². The lowest BCUT2D eigenvalue weighted by Crippen LogP contribution is -2.15. The molecule has 0 aliphatic rings. The highest BCUT2D eigenvalue weighted by molar-refractivity contribution is 5.02. The third kappa shape index (κ3) is 4.85. The summed E-state index contributed by atoms with van der Waals surface area (Å²) >= 11 is 0. The summed E-state index contributed by atoms with van der Waals surface area (Å²) in [6.07, 6.45) is 3.72. The summed E-state index contributed by atoms with van der Waals surface area (Å²) in [5.41, 5.74) is 1.05. The summed E-state index contributed by atoms with van der Waals surface area (Å²) in [4.78, 5) is 8.61. The molecule has 0 fully saturated rings. The first-order valence-corrected chi connectivity index (χ1v) is 5.37. The summed E-state index contributed by atoms with van der Waals surface area (Å²) in [5.74, 6) is 0.854. The van der Waals surface area contributed by atoms with E-state index in [1.165, 1.54) is 0 Å². The Kier molecular flexibility index (Phi) is 5.88. The second kappa shape index (κ2) is 7.31. The number of methoxy groups -OCH3 is 1. The monoisotopic (exact) mass is 209 g/mol. The molecular weight excluding hydrogens is 190 g/mol. The van der Waals surface area contributed by atoms with Crippen molar-refractivity contribution in [2.75, 3.05) is 20.3 Å². The number of hydrogen-bond acceptors (Lipinski definition) is 4. The summed E-state index contributed by atoms with van der Waals surface area (Å²) in [5, 5.41) is 3.31. The molecule has 1 heterocycles. The van der Waals surface area contributed by atoms with Crippen LogP contribution in [-0.2, 0) is 17.7 Å². The van der Waals surface area contributed by atoms with Crippen LogP contribution in [0.5, 0.6) is 0 Å². The quantitative estimate of drug-likeness (QED) is 0.685. The van der Waals surface area contributed by atoms with Gasteiger partial charge in [-0.1, -0.05) is 6.92 Å². The van der Waals surface area contributed by atoms with E-state index in [0.29, 0.717) is 6.61 Å². The molecule has 0 aromatic carbocycles. The predicted molar refractivity (Wildman–Crippen MR) is 59.6 cm³/mol. The first-order chi connectivity index (χ1) is 7.36. The summed E-state index contributed by atoms with van der Waals surface area (Å²) in [7, 11) is 1.69. The van der Waals surface area contributed by atoms with Crippen LogP contribution < -0.4 is 5.32 Å². The van der Waals surface area contributed by atoms with Gasteiger partial charge in [0.1, 0.15) is 5.82 Å². The lowest BCUT2D eigenvalue weighted by molar-refractivity contribution is 0.200. The smallest absolute Gasteiger partial charge is 0.130 e.